The summed E-state index contributed by atoms with van der Waals surface area (Å²) in [7, 11) is 0. The molecule has 0 bridgehead atoms. The highest BCUT2D eigenvalue weighted by molar-refractivity contribution is 6.33. The number of aromatic nitrogens is 3. The van der Waals surface area contributed by atoms with Gasteiger partial charge in [0, 0.05) is 28.6 Å². The standard InChI is InChI=1S/C25H27ClFN5O2/c1-2-25(6-3-13-9-17(27)15-11-16(26)24(29)31-18(15)10-13)12-20(21(33)22(25)34)32-8-5-14-19(32)4-7-30-23(14)28/h4-5,7-11,20-22,33-34H,2-3,6,12H2,1H3,(H2,28,30)(H2,29,31)/t20-,21+,22+,25+/m1/s1. The normalized spacial score (nSPS) is 24.9. The first-order valence-corrected chi connectivity index (χ1v) is 11.7. The molecule has 0 radical (unpaired) electrons. The van der Waals surface area contributed by atoms with Crippen LogP contribution in [0.1, 0.15) is 37.8 Å². The van der Waals surface area contributed by atoms with Gasteiger partial charge in [-0.25, -0.2) is 14.4 Å². The molecule has 1 saturated carbocycles. The fraction of sp³-hybridized carbons (Fsp3) is 0.360. The van der Waals surface area contributed by atoms with Crippen molar-refractivity contribution in [1.82, 2.24) is 14.5 Å². The molecule has 34 heavy (non-hydrogen) atoms. The van der Waals surface area contributed by atoms with Gasteiger partial charge in [-0.3, -0.25) is 0 Å². The number of nitrogens with two attached hydrogens (primary N) is 2. The van der Waals surface area contributed by atoms with Crippen molar-refractivity contribution >= 4 is 45.0 Å². The molecule has 178 valence electrons. The molecule has 0 saturated heterocycles. The van der Waals surface area contributed by atoms with Crippen molar-refractivity contribution in [1.29, 1.82) is 0 Å². The van der Waals surface area contributed by atoms with Crippen LogP contribution in [0.25, 0.3) is 21.8 Å². The number of nitrogen functional groups attached to an aromatic ring is 2. The Balaban J connectivity index is 1.43. The van der Waals surface area contributed by atoms with Crippen LogP contribution in [-0.4, -0.2) is 37.0 Å². The number of aliphatic hydroxyl groups excluding tert-OH is 2. The zero-order chi connectivity index (χ0) is 24.2. The highest BCUT2D eigenvalue weighted by atomic mass is 35.5. The van der Waals surface area contributed by atoms with E-state index in [1.54, 1.807) is 12.3 Å². The van der Waals surface area contributed by atoms with Gasteiger partial charge >= 0.3 is 0 Å². The summed E-state index contributed by atoms with van der Waals surface area (Å²) < 4.78 is 16.7. The van der Waals surface area contributed by atoms with E-state index >= 15 is 0 Å². The maximum atomic E-state index is 14.8. The van der Waals surface area contributed by atoms with Crippen LogP contribution in [0.4, 0.5) is 16.0 Å². The van der Waals surface area contributed by atoms with Crippen LogP contribution in [0.15, 0.2) is 42.7 Å². The van der Waals surface area contributed by atoms with E-state index in [0.717, 1.165) is 16.5 Å². The van der Waals surface area contributed by atoms with Crippen LogP contribution < -0.4 is 11.5 Å². The maximum absolute atomic E-state index is 14.8. The van der Waals surface area contributed by atoms with Gasteiger partial charge in [-0.2, -0.15) is 0 Å². The van der Waals surface area contributed by atoms with Crippen molar-refractivity contribution in [3.8, 4) is 0 Å². The van der Waals surface area contributed by atoms with Crippen molar-refractivity contribution in [2.75, 3.05) is 11.5 Å². The second-order valence-corrected chi connectivity index (χ2v) is 9.68. The first kappa shape index (κ1) is 22.8. The summed E-state index contributed by atoms with van der Waals surface area (Å²) in [6.45, 7) is 2.01. The Morgan fingerprint density at radius 3 is 2.74 bits per heavy atom. The lowest BCUT2D eigenvalue weighted by molar-refractivity contribution is -0.0324. The third kappa shape index (κ3) is 3.57. The van der Waals surface area contributed by atoms with Gasteiger partial charge in [0.1, 0.15) is 23.6 Å². The second-order valence-electron chi connectivity index (χ2n) is 9.27. The first-order valence-electron chi connectivity index (χ1n) is 11.4. The van der Waals surface area contributed by atoms with Crippen LogP contribution in [0, 0.1) is 11.2 Å². The lowest BCUT2D eigenvalue weighted by Gasteiger charge is -2.32. The maximum Gasteiger partial charge on any atom is 0.142 e. The number of halogens is 2. The van der Waals surface area contributed by atoms with E-state index in [4.69, 9.17) is 23.1 Å². The molecule has 4 aromatic rings. The van der Waals surface area contributed by atoms with Crippen molar-refractivity contribution < 1.29 is 14.6 Å². The largest absolute Gasteiger partial charge is 0.390 e. The molecular weight excluding hydrogens is 457 g/mol. The van der Waals surface area contributed by atoms with Gasteiger partial charge in [0.15, 0.2) is 0 Å². The quantitative estimate of drug-likeness (QED) is 0.336. The average Bonchev–Trinajstić information content (AvgIpc) is 3.35. The molecular formula is C25H27ClFN5O2. The van der Waals surface area contributed by atoms with Crippen LogP contribution >= 0.6 is 11.6 Å². The Morgan fingerprint density at radius 1 is 1.18 bits per heavy atom. The fourth-order valence-electron chi connectivity index (χ4n) is 5.49. The molecule has 3 aromatic heterocycles. The lowest BCUT2D eigenvalue weighted by atomic mass is 9.76. The number of rotatable bonds is 5. The van der Waals surface area contributed by atoms with Gasteiger partial charge in [0.25, 0.3) is 0 Å². The highest BCUT2D eigenvalue weighted by Gasteiger charge is 2.51. The Bertz CT molecular complexity index is 1390. The summed E-state index contributed by atoms with van der Waals surface area (Å²) in [5.41, 5.74) is 13.3. The zero-order valence-electron chi connectivity index (χ0n) is 18.7. The molecule has 6 N–H and O–H groups in total. The molecule has 5 rings (SSSR count). The molecule has 7 nitrogen and oxygen atoms in total. The van der Waals surface area contributed by atoms with E-state index in [2.05, 4.69) is 9.97 Å². The Kier molecular flexibility index (Phi) is 5.62. The summed E-state index contributed by atoms with van der Waals surface area (Å²) in [5.74, 6) is 0.171. The van der Waals surface area contributed by atoms with Gasteiger partial charge in [0.05, 0.1) is 28.2 Å². The number of anilines is 2. The van der Waals surface area contributed by atoms with Gasteiger partial charge in [-0.05, 0) is 61.6 Å². The average molecular weight is 484 g/mol. The number of hydrogen-bond donors (Lipinski definition) is 4. The molecule has 0 amide bonds. The van der Waals surface area contributed by atoms with Gasteiger partial charge < -0.3 is 26.2 Å². The number of aryl methyl sites for hydroxylation is 1. The molecule has 1 aromatic carbocycles. The van der Waals surface area contributed by atoms with Crippen molar-refractivity contribution in [3.63, 3.8) is 0 Å². The van der Waals surface area contributed by atoms with Crippen LogP contribution in [-0.2, 0) is 6.42 Å². The summed E-state index contributed by atoms with van der Waals surface area (Å²) in [5, 5.41) is 23.6. The van der Waals surface area contributed by atoms with Crippen LogP contribution in [0.2, 0.25) is 5.02 Å². The minimum absolute atomic E-state index is 0.155. The number of hydrogen-bond acceptors (Lipinski definition) is 6. The zero-order valence-corrected chi connectivity index (χ0v) is 19.5. The smallest absolute Gasteiger partial charge is 0.142 e. The Hall–Kier alpha value is -2.94. The van der Waals surface area contributed by atoms with E-state index in [-0.39, 0.29) is 16.9 Å². The fourth-order valence-corrected chi connectivity index (χ4v) is 5.64. The SMILES string of the molecule is CC[C@]1(CCc2cc(F)c3cc(Cl)c(N)nc3c2)C[C@@H](n2ccc3c(N)nccc32)[C@H](O)[C@@H]1O. The van der Waals surface area contributed by atoms with E-state index in [1.165, 1.54) is 12.1 Å². The third-order valence-electron chi connectivity index (χ3n) is 7.54. The van der Waals surface area contributed by atoms with E-state index in [1.807, 2.05) is 29.8 Å². The lowest BCUT2D eigenvalue weighted by Crippen LogP contribution is -2.36. The van der Waals surface area contributed by atoms with Crippen molar-refractivity contribution in [2.45, 2.75) is 50.9 Å². The van der Waals surface area contributed by atoms with Crippen molar-refractivity contribution in [2.24, 2.45) is 5.41 Å². The number of benzene rings is 1. The van der Waals surface area contributed by atoms with Crippen LogP contribution in [0.5, 0.6) is 0 Å². The number of fused-ring (bicyclic) bond motifs is 2. The molecule has 9 heteroatoms. The minimum atomic E-state index is -0.943. The molecule has 1 aliphatic rings. The second kappa shape index (κ2) is 8.37. The highest BCUT2D eigenvalue weighted by Crippen LogP contribution is 2.50. The van der Waals surface area contributed by atoms with E-state index < -0.39 is 23.4 Å². The number of pyridine rings is 2. The number of nitrogens with zero attached hydrogens (tertiary/aromatic N) is 3. The summed E-state index contributed by atoms with van der Waals surface area (Å²) in [4.78, 5) is 8.35. The van der Waals surface area contributed by atoms with Gasteiger partial charge in [-0.1, -0.05) is 18.5 Å². The summed E-state index contributed by atoms with van der Waals surface area (Å²) >= 11 is 6.00. The molecule has 0 aliphatic heterocycles. The molecule has 1 aliphatic carbocycles. The topological polar surface area (TPSA) is 123 Å². The molecule has 1 fully saturated rings. The third-order valence-corrected chi connectivity index (χ3v) is 7.84. The van der Waals surface area contributed by atoms with E-state index in [0.29, 0.717) is 42.4 Å². The molecule has 0 unspecified atom stereocenters. The van der Waals surface area contributed by atoms with E-state index in [9.17, 15) is 14.6 Å². The van der Waals surface area contributed by atoms with Crippen molar-refractivity contribution in [3.05, 3.63) is 59.1 Å². The number of aliphatic hydroxyl groups is 2. The van der Waals surface area contributed by atoms with Gasteiger partial charge in [-0.15, -0.1) is 0 Å². The molecule has 3 heterocycles. The molecule has 4 atom stereocenters. The Labute approximate surface area is 201 Å². The summed E-state index contributed by atoms with van der Waals surface area (Å²) in [6.07, 6.45) is 4.01. The predicted molar refractivity (Wildman–Crippen MR) is 132 cm³/mol. The Morgan fingerprint density at radius 2 is 1.97 bits per heavy atom. The molecule has 0 spiro atoms. The summed E-state index contributed by atoms with van der Waals surface area (Å²) in [6, 6.07) is 8.19. The minimum Gasteiger partial charge on any atom is -0.390 e. The van der Waals surface area contributed by atoms with Crippen LogP contribution in [0.3, 0.4) is 0 Å². The van der Waals surface area contributed by atoms with Gasteiger partial charge in [0.2, 0.25) is 0 Å². The monoisotopic (exact) mass is 483 g/mol. The first-order chi connectivity index (χ1) is 16.2. The predicted octanol–water partition coefficient (Wildman–Crippen LogP) is 4.24.